The summed E-state index contributed by atoms with van der Waals surface area (Å²) in [6.45, 7) is 1.81. The Morgan fingerprint density at radius 2 is 2.05 bits per heavy atom. The molecule has 0 bridgehead atoms. The van der Waals surface area contributed by atoms with Gasteiger partial charge in [-0.05, 0) is 30.7 Å². The van der Waals surface area contributed by atoms with Gasteiger partial charge in [-0.25, -0.2) is 0 Å². The molecule has 2 aromatic carbocycles. The zero-order valence-electron chi connectivity index (χ0n) is 10.5. The maximum absolute atomic E-state index is 10.9. The molecule has 20 heavy (non-hydrogen) atoms. The van der Waals surface area contributed by atoms with Gasteiger partial charge in [-0.2, -0.15) is 5.26 Å². The summed E-state index contributed by atoms with van der Waals surface area (Å²) in [5.41, 5.74) is 1.03. The maximum atomic E-state index is 10.9. The van der Waals surface area contributed by atoms with Crippen LogP contribution in [0, 0.1) is 28.4 Å². The largest absolute Gasteiger partial charge is 0.450 e. The number of hydrogen-bond donors (Lipinski definition) is 0. The fourth-order valence-electron chi connectivity index (χ4n) is 1.63. The standard InChI is InChI=1S/C14H9ClN2O3/c1-9-2-5-13(17(18)19)14(6-9)20-11-4-3-10(8-16)12(15)7-11/h2-7H,1H3. The van der Waals surface area contributed by atoms with Crippen LogP contribution in [0.2, 0.25) is 5.02 Å². The molecule has 5 nitrogen and oxygen atoms in total. The van der Waals surface area contributed by atoms with Crippen LogP contribution in [0.25, 0.3) is 0 Å². The first kappa shape index (κ1) is 13.8. The van der Waals surface area contributed by atoms with E-state index < -0.39 is 4.92 Å². The van der Waals surface area contributed by atoms with E-state index in [0.29, 0.717) is 11.3 Å². The highest BCUT2D eigenvalue weighted by atomic mass is 35.5. The van der Waals surface area contributed by atoms with E-state index in [9.17, 15) is 10.1 Å². The fraction of sp³-hybridized carbons (Fsp3) is 0.0714. The number of ether oxygens (including phenoxy) is 1. The van der Waals surface area contributed by atoms with E-state index in [4.69, 9.17) is 21.6 Å². The van der Waals surface area contributed by atoms with E-state index >= 15 is 0 Å². The van der Waals surface area contributed by atoms with Gasteiger partial charge in [0.25, 0.3) is 0 Å². The summed E-state index contributed by atoms with van der Waals surface area (Å²) in [7, 11) is 0. The summed E-state index contributed by atoms with van der Waals surface area (Å²) in [4.78, 5) is 10.4. The number of halogens is 1. The molecular weight excluding hydrogens is 280 g/mol. The third-order valence-corrected chi connectivity index (χ3v) is 2.91. The Bertz CT molecular complexity index is 723. The van der Waals surface area contributed by atoms with Crippen molar-refractivity contribution in [1.29, 1.82) is 5.26 Å². The molecule has 0 aliphatic carbocycles. The number of nitro benzene ring substituents is 1. The second kappa shape index (κ2) is 5.59. The number of benzene rings is 2. The Kier molecular flexibility index (Phi) is 3.87. The van der Waals surface area contributed by atoms with Crippen molar-refractivity contribution in [1.82, 2.24) is 0 Å². The second-order valence-corrected chi connectivity index (χ2v) is 4.49. The lowest BCUT2D eigenvalue weighted by Gasteiger charge is -2.08. The predicted molar refractivity (Wildman–Crippen MR) is 74.1 cm³/mol. The molecule has 2 aromatic rings. The van der Waals surface area contributed by atoms with Gasteiger partial charge in [0.1, 0.15) is 11.8 Å². The highest BCUT2D eigenvalue weighted by molar-refractivity contribution is 6.31. The lowest BCUT2D eigenvalue weighted by Crippen LogP contribution is -1.94. The first-order valence-electron chi connectivity index (χ1n) is 5.64. The van der Waals surface area contributed by atoms with Gasteiger partial charge in [0, 0.05) is 12.1 Å². The molecule has 0 saturated heterocycles. The lowest BCUT2D eigenvalue weighted by molar-refractivity contribution is -0.385. The molecule has 0 aliphatic heterocycles. The zero-order chi connectivity index (χ0) is 14.7. The summed E-state index contributed by atoms with van der Waals surface area (Å²) in [6, 6.07) is 11.0. The number of nitro groups is 1. The van der Waals surface area contributed by atoms with Crippen molar-refractivity contribution in [2.45, 2.75) is 6.92 Å². The number of nitrogens with zero attached hydrogens (tertiary/aromatic N) is 2. The maximum Gasteiger partial charge on any atom is 0.311 e. The first-order chi connectivity index (χ1) is 9.51. The first-order valence-corrected chi connectivity index (χ1v) is 6.01. The molecule has 0 aliphatic rings. The smallest absolute Gasteiger partial charge is 0.311 e. The molecular formula is C14H9ClN2O3. The number of hydrogen-bond acceptors (Lipinski definition) is 4. The molecule has 100 valence electrons. The molecule has 0 heterocycles. The van der Waals surface area contributed by atoms with Crippen LogP contribution in [-0.2, 0) is 0 Å². The topological polar surface area (TPSA) is 76.2 Å². The van der Waals surface area contributed by atoms with Crippen molar-refractivity contribution in [2.24, 2.45) is 0 Å². The highest BCUT2D eigenvalue weighted by Crippen LogP contribution is 2.33. The summed E-state index contributed by atoms with van der Waals surface area (Å²) in [6.07, 6.45) is 0. The summed E-state index contributed by atoms with van der Waals surface area (Å²) < 4.78 is 5.50. The summed E-state index contributed by atoms with van der Waals surface area (Å²) >= 11 is 5.89. The molecule has 2 rings (SSSR count). The van der Waals surface area contributed by atoms with E-state index in [0.717, 1.165) is 5.56 Å². The van der Waals surface area contributed by atoms with Crippen molar-refractivity contribution in [3.05, 3.63) is 62.7 Å². The lowest BCUT2D eigenvalue weighted by atomic mass is 10.2. The van der Waals surface area contributed by atoms with E-state index in [1.54, 1.807) is 12.1 Å². The minimum absolute atomic E-state index is 0.129. The van der Waals surface area contributed by atoms with Gasteiger partial charge in [0.05, 0.1) is 15.5 Å². The molecule has 0 spiro atoms. The third kappa shape index (κ3) is 2.87. The molecule has 0 amide bonds. The fourth-order valence-corrected chi connectivity index (χ4v) is 1.84. The van der Waals surface area contributed by atoms with E-state index in [1.807, 2.05) is 13.0 Å². The molecule has 0 radical (unpaired) electrons. The van der Waals surface area contributed by atoms with Crippen LogP contribution in [0.5, 0.6) is 11.5 Å². The molecule has 0 fully saturated rings. The number of rotatable bonds is 3. The Morgan fingerprint density at radius 3 is 2.65 bits per heavy atom. The minimum Gasteiger partial charge on any atom is -0.450 e. The van der Waals surface area contributed by atoms with Crippen LogP contribution in [0.1, 0.15) is 11.1 Å². The Balaban J connectivity index is 2.39. The van der Waals surface area contributed by atoms with Crippen molar-refractivity contribution in [3.8, 4) is 17.6 Å². The molecule has 0 unspecified atom stereocenters. The predicted octanol–water partition coefficient (Wildman–Crippen LogP) is 4.22. The van der Waals surface area contributed by atoms with Crippen molar-refractivity contribution in [2.75, 3.05) is 0 Å². The van der Waals surface area contributed by atoms with Gasteiger partial charge >= 0.3 is 5.69 Å². The number of aryl methyl sites for hydroxylation is 1. The van der Waals surface area contributed by atoms with Gasteiger partial charge in [-0.3, -0.25) is 10.1 Å². The number of nitriles is 1. The summed E-state index contributed by atoms with van der Waals surface area (Å²) in [5, 5.41) is 20.0. The average Bonchev–Trinajstić information content (AvgIpc) is 2.38. The Morgan fingerprint density at radius 1 is 1.30 bits per heavy atom. The van der Waals surface area contributed by atoms with Crippen LogP contribution in [0.4, 0.5) is 5.69 Å². The molecule has 6 heteroatoms. The Labute approximate surface area is 120 Å². The van der Waals surface area contributed by atoms with Gasteiger partial charge < -0.3 is 4.74 Å². The quantitative estimate of drug-likeness (QED) is 0.626. The molecule has 0 saturated carbocycles. The van der Waals surface area contributed by atoms with E-state index in [2.05, 4.69) is 0 Å². The van der Waals surface area contributed by atoms with Crippen LogP contribution in [0.3, 0.4) is 0 Å². The van der Waals surface area contributed by atoms with E-state index in [-0.39, 0.29) is 16.5 Å². The van der Waals surface area contributed by atoms with Crippen molar-refractivity contribution < 1.29 is 9.66 Å². The van der Waals surface area contributed by atoms with E-state index in [1.165, 1.54) is 24.3 Å². The zero-order valence-corrected chi connectivity index (χ0v) is 11.2. The van der Waals surface area contributed by atoms with Gasteiger partial charge in [-0.1, -0.05) is 17.7 Å². The molecule has 0 aromatic heterocycles. The second-order valence-electron chi connectivity index (χ2n) is 4.08. The highest BCUT2D eigenvalue weighted by Gasteiger charge is 2.16. The minimum atomic E-state index is -0.514. The van der Waals surface area contributed by atoms with Crippen LogP contribution >= 0.6 is 11.6 Å². The van der Waals surface area contributed by atoms with Crippen molar-refractivity contribution >= 4 is 17.3 Å². The molecule has 0 atom stereocenters. The molecule has 0 N–H and O–H groups in total. The third-order valence-electron chi connectivity index (χ3n) is 2.60. The van der Waals surface area contributed by atoms with Crippen LogP contribution in [-0.4, -0.2) is 4.92 Å². The van der Waals surface area contributed by atoms with Crippen molar-refractivity contribution in [3.63, 3.8) is 0 Å². The van der Waals surface area contributed by atoms with Gasteiger partial charge in [-0.15, -0.1) is 0 Å². The SMILES string of the molecule is Cc1ccc([N+](=O)[O-])c(Oc2ccc(C#N)c(Cl)c2)c1. The normalized spacial score (nSPS) is 9.85. The van der Waals surface area contributed by atoms with Crippen LogP contribution < -0.4 is 4.74 Å². The van der Waals surface area contributed by atoms with Gasteiger partial charge in [0.2, 0.25) is 5.75 Å². The summed E-state index contributed by atoms with van der Waals surface area (Å²) in [5.74, 6) is 0.471. The monoisotopic (exact) mass is 288 g/mol. The average molecular weight is 289 g/mol. The Hall–Kier alpha value is -2.58. The van der Waals surface area contributed by atoms with Crippen LogP contribution in [0.15, 0.2) is 36.4 Å². The van der Waals surface area contributed by atoms with Gasteiger partial charge in [0.15, 0.2) is 0 Å².